The zero-order valence-electron chi connectivity index (χ0n) is 18.0. The number of benzene rings is 3. The van der Waals surface area contributed by atoms with Crippen molar-refractivity contribution in [1.29, 1.82) is 0 Å². The second-order valence-corrected chi connectivity index (χ2v) is 8.02. The Labute approximate surface area is 193 Å². The van der Waals surface area contributed by atoms with Crippen LogP contribution in [0.25, 0.3) is 22.4 Å². The molecule has 0 bridgehead atoms. The summed E-state index contributed by atoms with van der Waals surface area (Å²) in [5.41, 5.74) is 4.85. The molecular formula is C27H23ClN2O2. The summed E-state index contributed by atoms with van der Waals surface area (Å²) in [6, 6.07) is 29.1. The Morgan fingerprint density at radius 2 is 1.50 bits per heavy atom. The van der Waals surface area contributed by atoms with Gasteiger partial charge in [0.2, 0.25) is 5.88 Å². The maximum atomic E-state index is 13.0. The maximum Gasteiger partial charge on any atom is 0.258 e. The smallest absolute Gasteiger partial charge is 0.258 e. The van der Waals surface area contributed by atoms with Gasteiger partial charge in [-0.3, -0.25) is 4.79 Å². The number of pyridine rings is 1. The first-order valence-electron chi connectivity index (χ1n) is 10.3. The van der Waals surface area contributed by atoms with Gasteiger partial charge in [-0.25, -0.2) is 4.98 Å². The van der Waals surface area contributed by atoms with Gasteiger partial charge in [-0.2, -0.15) is 0 Å². The molecule has 0 N–H and O–H groups in total. The van der Waals surface area contributed by atoms with E-state index in [1.807, 2.05) is 91.0 Å². The Balaban J connectivity index is 1.88. The zero-order valence-corrected chi connectivity index (χ0v) is 18.7. The molecule has 0 saturated heterocycles. The molecule has 0 atom stereocenters. The third kappa shape index (κ3) is 4.82. The van der Waals surface area contributed by atoms with E-state index >= 15 is 0 Å². The molecule has 0 aliphatic carbocycles. The molecule has 0 unspecified atom stereocenters. The molecule has 4 aromatic rings. The third-order valence-electron chi connectivity index (χ3n) is 5.04. The summed E-state index contributed by atoms with van der Waals surface area (Å²) in [6.45, 7) is 0.312. The number of amides is 1. The molecule has 4 rings (SSSR count). The molecule has 3 aromatic carbocycles. The van der Waals surface area contributed by atoms with Crippen molar-refractivity contribution in [2.75, 3.05) is 14.1 Å². The van der Waals surface area contributed by atoms with Crippen LogP contribution in [0.2, 0.25) is 5.02 Å². The molecule has 0 fully saturated rings. The van der Waals surface area contributed by atoms with Gasteiger partial charge in [0, 0.05) is 30.2 Å². The second-order valence-electron chi connectivity index (χ2n) is 7.58. The van der Waals surface area contributed by atoms with Gasteiger partial charge >= 0.3 is 0 Å². The maximum absolute atomic E-state index is 13.0. The van der Waals surface area contributed by atoms with Crippen molar-refractivity contribution < 1.29 is 9.53 Å². The van der Waals surface area contributed by atoms with E-state index in [1.165, 1.54) is 4.90 Å². The summed E-state index contributed by atoms with van der Waals surface area (Å²) in [7, 11) is 3.44. The van der Waals surface area contributed by atoms with E-state index in [0.717, 1.165) is 27.9 Å². The van der Waals surface area contributed by atoms with Crippen molar-refractivity contribution in [2.24, 2.45) is 0 Å². The Hall–Kier alpha value is -3.63. The van der Waals surface area contributed by atoms with Gasteiger partial charge in [0.15, 0.2) is 0 Å². The SMILES string of the molecule is CN(C)C(=O)c1cc(-c2ccccc2)c(-c2ccc(Cl)cc2)nc1OCc1ccccc1. The number of nitrogens with zero attached hydrogens (tertiary/aromatic N) is 2. The number of carbonyl (C=O) groups excluding carboxylic acids is 1. The molecule has 0 radical (unpaired) electrons. The molecule has 4 nitrogen and oxygen atoms in total. The summed E-state index contributed by atoms with van der Waals surface area (Å²) in [5.74, 6) is 0.137. The zero-order chi connectivity index (χ0) is 22.5. The minimum absolute atomic E-state index is 0.166. The van der Waals surface area contributed by atoms with Crippen LogP contribution in [-0.2, 0) is 6.61 Å². The molecule has 0 saturated carbocycles. The van der Waals surface area contributed by atoms with E-state index in [9.17, 15) is 4.79 Å². The number of halogens is 1. The fourth-order valence-electron chi connectivity index (χ4n) is 3.39. The standard InChI is InChI=1S/C27H23ClN2O2/c1-30(2)27(31)24-17-23(20-11-7-4-8-12-20)25(21-13-15-22(28)16-14-21)29-26(24)32-18-19-9-5-3-6-10-19/h3-17H,18H2,1-2H3. The van der Waals surface area contributed by atoms with Crippen LogP contribution in [-0.4, -0.2) is 29.9 Å². The van der Waals surface area contributed by atoms with Crippen LogP contribution in [0.3, 0.4) is 0 Å². The summed E-state index contributed by atoms with van der Waals surface area (Å²) in [5, 5.41) is 0.648. The van der Waals surface area contributed by atoms with Crippen molar-refractivity contribution in [3.8, 4) is 28.3 Å². The molecule has 32 heavy (non-hydrogen) atoms. The van der Waals surface area contributed by atoms with Gasteiger partial charge in [0.25, 0.3) is 5.91 Å². The fourth-order valence-corrected chi connectivity index (χ4v) is 3.52. The minimum Gasteiger partial charge on any atom is -0.472 e. The summed E-state index contributed by atoms with van der Waals surface area (Å²) in [6.07, 6.45) is 0. The summed E-state index contributed by atoms with van der Waals surface area (Å²) < 4.78 is 6.09. The highest BCUT2D eigenvalue weighted by Crippen LogP contribution is 2.35. The lowest BCUT2D eigenvalue weighted by Gasteiger charge is -2.18. The predicted molar refractivity (Wildman–Crippen MR) is 129 cm³/mol. The molecule has 160 valence electrons. The van der Waals surface area contributed by atoms with Gasteiger partial charge in [-0.15, -0.1) is 0 Å². The van der Waals surface area contributed by atoms with Gasteiger partial charge in [-0.1, -0.05) is 84.4 Å². The van der Waals surface area contributed by atoms with Crippen LogP contribution in [0.5, 0.6) is 5.88 Å². The molecule has 0 spiro atoms. The lowest BCUT2D eigenvalue weighted by atomic mass is 9.97. The minimum atomic E-state index is -0.166. The Bertz CT molecular complexity index is 1210. The van der Waals surface area contributed by atoms with E-state index in [-0.39, 0.29) is 5.91 Å². The van der Waals surface area contributed by atoms with Gasteiger partial charge in [0.05, 0.1) is 5.69 Å². The Morgan fingerprint density at radius 3 is 2.12 bits per heavy atom. The van der Waals surface area contributed by atoms with Crippen LogP contribution in [0.15, 0.2) is 91.0 Å². The fraction of sp³-hybridized carbons (Fsp3) is 0.111. The quantitative estimate of drug-likeness (QED) is 0.349. The Morgan fingerprint density at radius 1 is 0.875 bits per heavy atom. The number of hydrogen-bond donors (Lipinski definition) is 0. The number of ether oxygens (including phenoxy) is 1. The first-order valence-corrected chi connectivity index (χ1v) is 10.7. The lowest BCUT2D eigenvalue weighted by Crippen LogP contribution is -2.23. The average molecular weight is 443 g/mol. The van der Waals surface area contributed by atoms with Crippen molar-refractivity contribution >= 4 is 17.5 Å². The van der Waals surface area contributed by atoms with E-state index in [4.69, 9.17) is 21.3 Å². The lowest BCUT2D eigenvalue weighted by molar-refractivity contribution is 0.0821. The highest BCUT2D eigenvalue weighted by molar-refractivity contribution is 6.30. The van der Waals surface area contributed by atoms with Crippen LogP contribution in [0.1, 0.15) is 15.9 Å². The van der Waals surface area contributed by atoms with Crippen LogP contribution in [0, 0.1) is 0 Å². The van der Waals surface area contributed by atoms with E-state index in [2.05, 4.69) is 0 Å². The van der Waals surface area contributed by atoms with E-state index in [1.54, 1.807) is 14.1 Å². The summed E-state index contributed by atoms with van der Waals surface area (Å²) >= 11 is 6.11. The van der Waals surface area contributed by atoms with Crippen molar-refractivity contribution in [3.63, 3.8) is 0 Å². The van der Waals surface area contributed by atoms with Crippen molar-refractivity contribution in [1.82, 2.24) is 9.88 Å². The average Bonchev–Trinajstić information content (AvgIpc) is 2.83. The van der Waals surface area contributed by atoms with E-state index in [0.29, 0.717) is 23.1 Å². The Kier molecular flexibility index (Phi) is 6.52. The number of aromatic nitrogens is 1. The van der Waals surface area contributed by atoms with Gasteiger partial charge in [0.1, 0.15) is 12.2 Å². The third-order valence-corrected chi connectivity index (χ3v) is 5.30. The largest absolute Gasteiger partial charge is 0.472 e. The molecule has 1 amide bonds. The molecule has 1 heterocycles. The number of carbonyl (C=O) groups is 1. The van der Waals surface area contributed by atoms with Gasteiger partial charge < -0.3 is 9.64 Å². The highest BCUT2D eigenvalue weighted by Gasteiger charge is 2.22. The topological polar surface area (TPSA) is 42.4 Å². The normalized spacial score (nSPS) is 10.6. The monoisotopic (exact) mass is 442 g/mol. The second kappa shape index (κ2) is 9.67. The molecule has 1 aromatic heterocycles. The number of rotatable bonds is 6. The van der Waals surface area contributed by atoms with Crippen LogP contribution in [0.4, 0.5) is 0 Å². The van der Waals surface area contributed by atoms with Crippen LogP contribution < -0.4 is 4.74 Å². The first kappa shape index (κ1) is 21.6. The molecule has 0 aliphatic rings. The summed E-state index contributed by atoms with van der Waals surface area (Å²) in [4.78, 5) is 19.4. The predicted octanol–water partition coefficient (Wildman–Crippen LogP) is 6.35. The van der Waals surface area contributed by atoms with Crippen molar-refractivity contribution in [3.05, 3.63) is 107 Å². The molecule has 0 aliphatic heterocycles. The van der Waals surface area contributed by atoms with Gasteiger partial charge in [-0.05, 0) is 29.3 Å². The van der Waals surface area contributed by atoms with Crippen molar-refractivity contribution in [2.45, 2.75) is 6.61 Å². The molecule has 5 heteroatoms. The number of hydrogen-bond acceptors (Lipinski definition) is 3. The highest BCUT2D eigenvalue weighted by atomic mass is 35.5. The first-order chi connectivity index (χ1) is 15.5. The van der Waals surface area contributed by atoms with Crippen LogP contribution >= 0.6 is 11.6 Å². The molecular weight excluding hydrogens is 420 g/mol. The van der Waals surface area contributed by atoms with E-state index < -0.39 is 0 Å².